The summed E-state index contributed by atoms with van der Waals surface area (Å²) in [5, 5.41) is 4.09. The fourth-order valence-corrected chi connectivity index (χ4v) is 5.01. The van der Waals surface area contributed by atoms with Crippen molar-refractivity contribution in [3.63, 3.8) is 0 Å². The van der Waals surface area contributed by atoms with Gasteiger partial charge in [-0.05, 0) is 55.9 Å². The molecule has 1 aromatic heterocycles. The highest BCUT2D eigenvalue weighted by atomic mass is 32.2. The summed E-state index contributed by atoms with van der Waals surface area (Å²) in [5.41, 5.74) is 3.17. The smallest absolute Gasteiger partial charge is 0.262 e. The number of fused-ring (bicyclic) bond motifs is 2. The van der Waals surface area contributed by atoms with Crippen LogP contribution in [0.15, 0.2) is 58.5 Å². The largest absolute Gasteiger partial charge is 0.348 e. The molecule has 0 fully saturated rings. The molecule has 6 heteroatoms. The summed E-state index contributed by atoms with van der Waals surface area (Å²) in [5.74, 6) is -0.0211. The first kappa shape index (κ1) is 20.7. The number of hydrogen-bond acceptors (Lipinski definition) is 4. The Morgan fingerprint density at radius 3 is 2.83 bits per heavy atom. The van der Waals surface area contributed by atoms with E-state index in [0.29, 0.717) is 22.6 Å². The zero-order valence-electron chi connectivity index (χ0n) is 17.4. The monoisotopic (exact) mass is 421 g/mol. The molecule has 1 heterocycles. The van der Waals surface area contributed by atoms with Crippen molar-refractivity contribution >= 4 is 28.6 Å². The minimum Gasteiger partial charge on any atom is -0.348 e. The number of nitrogens with zero attached hydrogens (tertiary/aromatic N) is 2. The van der Waals surface area contributed by atoms with Crippen molar-refractivity contribution in [3.05, 3.63) is 70.0 Å². The second kappa shape index (κ2) is 9.04. The summed E-state index contributed by atoms with van der Waals surface area (Å²) in [6, 6.07) is 15.8. The number of carbonyl (C=O) groups excluding carboxylic acids is 1. The zero-order valence-corrected chi connectivity index (χ0v) is 18.2. The highest BCUT2D eigenvalue weighted by Gasteiger charge is 2.25. The third-order valence-electron chi connectivity index (χ3n) is 5.61. The molecule has 4 rings (SSSR count). The van der Waals surface area contributed by atoms with E-state index < -0.39 is 0 Å². The van der Waals surface area contributed by atoms with Gasteiger partial charge in [0.25, 0.3) is 5.56 Å². The van der Waals surface area contributed by atoms with Gasteiger partial charge >= 0.3 is 0 Å². The van der Waals surface area contributed by atoms with Crippen LogP contribution in [-0.4, -0.2) is 20.7 Å². The molecule has 2 atom stereocenters. The van der Waals surface area contributed by atoms with Gasteiger partial charge in [-0.1, -0.05) is 55.1 Å². The van der Waals surface area contributed by atoms with Gasteiger partial charge in [0.1, 0.15) is 0 Å². The second-order valence-electron chi connectivity index (χ2n) is 7.78. The first-order chi connectivity index (χ1) is 14.6. The Kier molecular flexibility index (Phi) is 6.23. The van der Waals surface area contributed by atoms with Crippen molar-refractivity contribution in [2.24, 2.45) is 0 Å². The van der Waals surface area contributed by atoms with E-state index in [-0.39, 0.29) is 22.8 Å². The van der Waals surface area contributed by atoms with Gasteiger partial charge < -0.3 is 5.32 Å². The van der Waals surface area contributed by atoms with Crippen molar-refractivity contribution in [2.45, 2.75) is 62.5 Å². The van der Waals surface area contributed by atoms with Crippen molar-refractivity contribution in [1.29, 1.82) is 0 Å². The Labute approximate surface area is 180 Å². The molecule has 5 nitrogen and oxygen atoms in total. The van der Waals surface area contributed by atoms with Crippen LogP contribution in [0.4, 0.5) is 0 Å². The van der Waals surface area contributed by atoms with E-state index >= 15 is 0 Å². The lowest BCUT2D eigenvalue weighted by Crippen LogP contribution is -2.36. The minimum atomic E-state index is -0.352. The number of aryl methyl sites for hydroxylation is 1. The molecule has 0 saturated heterocycles. The first-order valence-electron chi connectivity index (χ1n) is 10.6. The second-order valence-corrected chi connectivity index (χ2v) is 9.09. The number of nitrogens with one attached hydrogen (secondary N) is 1. The third kappa shape index (κ3) is 4.15. The number of rotatable bonds is 6. The van der Waals surface area contributed by atoms with Gasteiger partial charge in [-0.3, -0.25) is 14.2 Å². The van der Waals surface area contributed by atoms with E-state index in [1.807, 2.05) is 44.2 Å². The molecule has 1 amide bonds. The molecule has 0 spiro atoms. The molecular formula is C24H27N3O2S. The topological polar surface area (TPSA) is 64.0 Å². The normalized spacial score (nSPS) is 16.8. The number of para-hydroxylation sites is 1. The summed E-state index contributed by atoms with van der Waals surface area (Å²) in [6.45, 7) is 4.50. The number of thioether (sulfide) groups is 1. The van der Waals surface area contributed by atoms with Gasteiger partial charge in [0.05, 0.1) is 22.2 Å². The van der Waals surface area contributed by atoms with E-state index in [0.717, 1.165) is 25.7 Å². The molecule has 0 aliphatic heterocycles. The number of amides is 1. The molecule has 0 saturated carbocycles. The Bertz CT molecular complexity index is 1120. The van der Waals surface area contributed by atoms with Crippen molar-refractivity contribution in [2.75, 3.05) is 0 Å². The zero-order chi connectivity index (χ0) is 21.1. The highest BCUT2D eigenvalue weighted by molar-refractivity contribution is 8.00. The maximum absolute atomic E-state index is 13.0. The average Bonchev–Trinajstić information content (AvgIpc) is 2.76. The lowest BCUT2D eigenvalue weighted by atomic mass is 9.88. The number of benzene rings is 2. The van der Waals surface area contributed by atoms with Gasteiger partial charge in [-0.25, -0.2) is 4.98 Å². The molecule has 3 aromatic rings. The summed E-state index contributed by atoms with van der Waals surface area (Å²) >= 11 is 1.36. The van der Waals surface area contributed by atoms with E-state index in [1.54, 1.807) is 4.57 Å². The van der Waals surface area contributed by atoms with Crippen LogP contribution in [0.25, 0.3) is 10.9 Å². The van der Waals surface area contributed by atoms with Gasteiger partial charge in [-0.2, -0.15) is 0 Å². The number of hydrogen-bond donors (Lipinski definition) is 1. The summed E-state index contributed by atoms with van der Waals surface area (Å²) in [6.07, 6.45) is 3.92. The Morgan fingerprint density at radius 1 is 1.23 bits per heavy atom. The molecule has 1 aliphatic rings. The van der Waals surface area contributed by atoms with Crippen LogP contribution in [0.1, 0.15) is 50.3 Å². The quantitative estimate of drug-likeness (QED) is 0.471. The fourth-order valence-electron chi connectivity index (χ4n) is 4.06. The Hall–Kier alpha value is -2.60. The Balaban J connectivity index is 1.56. The maximum Gasteiger partial charge on any atom is 0.262 e. The average molecular weight is 422 g/mol. The highest BCUT2D eigenvalue weighted by Crippen LogP contribution is 2.30. The molecule has 0 radical (unpaired) electrons. The van der Waals surface area contributed by atoms with Crippen molar-refractivity contribution in [3.8, 4) is 0 Å². The molecule has 30 heavy (non-hydrogen) atoms. The van der Waals surface area contributed by atoms with Gasteiger partial charge in [0, 0.05) is 6.54 Å². The summed E-state index contributed by atoms with van der Waals surface area (Å²) < 4.78 is 1.70. The minimum absolute atomic E-state index is 0.0211. The maximum atomic E-state index is 13.0. The van der Waals surface area contributed by atoms with Crippen LogP contribution in [0.5, 0.6) is 0 Å². The molecule has 0 unspecified atom stereocenters. The van der Waals surface area contributed by atoms with E-state index in [1.165, 1.54) is 22.9 Å². The van der Waals surface area contributed by atoms with E-state index in [9.17, 15) is 9.59 Å². The van der Waals surface area contributed by atoms with Crippen LogP contribution in [0.2, 0.25) is 0 Å². The van der Waals surface area contributed by atoms with Crippen LogP contribution in [-0.2, 0) is 17.8 Å². The van der Waals surface area contributed by atoms with Gasteiger partial charge in [0.2, 0.25) is 5.91 Å². The standard InChI is InChI=1S/C24H27N3O2S/c1-3-15-27-23(29)19-12-6-7-13-21(19)26-24(27)30-16(2)22(28)25-20-14-8-10-17-9-4-5-11-18(17)20/h4-7,9,11-13,16,20H,3,8,10,14-15H2,1-2H3,(H,25,28)/t16-,20+/m1/s1. The van der Waals surface area contributed by atoms with Crippen molar-refractivity contribution in [1.82, 2.24) is 14.9 Å². The van der Waals surface area contributed by atoms with Crippen LogP contribution < -0.4 is 10.9 Å². The van der Waals surface area contributed by atoms with Crippen LogP contribution in [0.3, 0.4) is 0 Å². The van der Waals surface area contributed by atoms with Gasteiger partial charge in [-0.15, -0.1) is 0 Å². The molecule has 2 aromatic carbocycles. The molecular weight excluding hydrogens is 394 g/mol. The predicted molar refractivity (Wildman–Crippen MR) is 122 cm³/mol. The van der Waals surface area contributed by atoms with E-state index in [2.05, 4.69) is 23.5 Å². The number of aromatic nitrogens is 2. The van der Waals surface area contributed by atoms with Crippen LogP contribution in [0, 0.1) is 0 Å². The lowest BCUT2D eigenvalue weighted by Gasteiger charge is -2.27. The van der Waals surface area contributed by atoms with Crippen LogP contribution >= 0.6 is 11.8 Å². The first-order valence-corrected chi connectivity index (χ1v) is 11.5. The lowest BCUT2D eigenvalue weighted by molar-refractivity contribution is -0.121. The molecule has 1 N–H and O–H groups in total. The third-order valence-corrected chi connectivity index (χ3v) is 6.70. The predicted octanol–water partition coefficient (Wildman–Crippen LogP) is 4.48. The van der Waals surface area contributed by atoms with Gasteiger partial charge in [0.15, 0.2) is 5.16 Å². The Morgan fingerprint density at radius 2 is 2.00 bits per heavy atom. The fraction of sp³-hybridized carbons (Fsp3) is 0.375. The molecule has 156 valence electrons. The number of carbonyl (C=O) groups is 1. The molecule has 0 bridgehead atoms. The molecule has 1 aliphatic carbocycles. The summed E-state index contributed by atoms with van der Waals surface area (Å²) in [7, 11) is 0. The van der Waals surface area contributed by atoms with Crippen molar-refractivity contribution < 1.29 is 4.79 Å². The summed E-state index contributed by atoms with van der Waals surface area (Å²) in [4.78, 5) is 30.7. The van der Waals surface area contributed by atoms with E-state index in [4.69, 9.17) is 4.98 Å². The SMILES string of the molecule is CCCn1c(S[C@H](C)C(=O)N[C@H]2CCCc3ccccc32)nc2ccccc2c1=O.